The molecular weight excluding hydrogens is 424 g/mol. The molecular formula is C17H13ClN4O4S2. The van der Waals surface area contributed by atoms with Gasteiger partial charge in [-0.2, -0.15) is 0 Å². The quantitative estimate of drug-likeness (QED) is 0.353. The summed E-state index contributed by atoms with van der Waals surface area (Å²) in [6, 6.07) is 9.47. The fourth-order valence-electron chi connectivity index (χ4n) is 2.27. The zero-order chi connectivity index (χ0) is 20.3. The summed E-state index contributed by atoms with van der Waals surface area (Å²) in [5.41, 5.74) is 1.43. The van der Waals surface area contributed by atoms with Crippen LogP contribution < -0.4 is 15.4 Å². The van der Waals surface area contributed by atoms with Crippen LogP contribution in [0.15, 0.2) is 36.4 Å². The normalized spacial score (nSPS) is 10.5. The Morgan fingerprint density at radius 3 is 2.89 bits per heavy atom. The van der Waals surface area contributed by atoms with Crippen LogP contribution in [0.3, 0.4) is 0 Å². The Labute approximate surface area is 173 Å². The number of hydrogen-bond donors (Lipinski definition) is 2. The van der Waals surface area contributed by atoms with Crippen LogP contribution in [0.5, 0.6) is 5.75 Å². The highest BCUT2D eigenvalue weighted by Gasteiger charge is 2.15. The number of benzene rings is 2. The molecule has 0 aliphatic heterocycles. The number of nitrogens with zero attached hydrogens (tertiary/aromatic N) is 2. The maximum Gasteiger partial charge on any atom is 0.310 e. The number of amides is 1. The third-order valence-corrected chi connectivity index (χ3v) is 5.11. The van der Waals surface area contributed by atoms with Gasteiger partial charge in [-0.25, -0.2) is 4.98 Å². The van der Waals surface area contributed by atoms with Gasteiger partial charge in [0.25, 0.3) is 5.91 Å². The number of nitro benzene ring substituents is 1. The smallest absolute Gasteiger partial charge is 0.310 e. The number of carbonyl (C=O) groups excluding carboxylic acids is 1. The van der Waals surface area contributed by atoms with Crippen LogP contribution in [0.25, 0.3) is 10.2 Å². The van der Waals surface area contributed by atoms with Gasteiger partial charge >= 0.3 is 5.69 Å². The van der Waals surface area contributed by atoms with E-state index in [2.05, 4.69) is 15.6 Å². The number of nitrogens with one attached hydrogen (secondary N) is 2. The van der Waals surface area contributed by atoms with Crippen LogP contribution in [0.1, 0.15) is 5.56 Å². The highest BCUT2D eigenvalue weighted by molar-refractivity contribution is 7.80. The standard InChI is InChI=1S/C17H13ClN4O4S2/c1-9-6-14-11(7-10(9)18)19-17(28-14)21-16(27)20-15(23)8-26-13-5-3-2-4-12(13)22(24)25/h2-7H,8H2,1H3,(H2,19,20,21,23,27). The first-order valence-corrected chi connectivity index (χ1v) is 9.47. The second kappa shape index (κ2) is 8.46. The summed E-state index contributed by atoms with van der Waals surface area (Å²) in [6.45, 7) is 1.47. The van der Waals surface area contributed by atoms with Gasteiger partial charge in [-0.1, -0.05) is 35.1 Å². The molecule has 3 aromatic rings. The highest BCUT2D eigenvalue weighted by atomic mass is 35.5. The zero-order valence-electron chi connectivity index (χ0n) is 14.4. The number of hydrogen-bond acceptors (Lipinski definition) is 7. The number of thiocarbonyl (C=S) groups is 1. The lowest BCUT2D eigenvalue weighted by Gasteiger charge is -2.08. The highest BCUT2D eigenvalue weighted by Crippen LogP contribution is 2.30. The second-order valence-electron chi connectivity index (χ2n) is 5.60. The largest absolute Gasteiger partial charge is 0.477 e. The predicted octanol–water partition coefficient (Wildman–Crippen LogP) is 4.06. The molecule has 0 bridgehead atoms. The fourth-order valence-corrected chi connectivity index (χ4v) is 3.65. The number of carbonyl (C=O) groups is 1. The van der Waals surface area contributed by atoms with Gasteiger partial charge in [-0.15, -0.1) is 0 Å². The average molecular weight is 437 g/mol. The van der Waals surface area contributed by atoms with Gasteiger partial charge in [-0.05, 0) is 42.9 Å². The molecule has 1 amide bonds. The Morgan fingerprint density at radius 1 is 1.39 bits per heavy atom. The minimum atomic E-state index is -0.583. The van der Waals surface area contributed by atoms with Crippen LogP contribution in [0, 0.1) is 17.0 Å². The molecule has 0 radical (unpaired) electrons. The lowest BCUT2D eigenvalue weighted by Crippen LogP contribution is -2.37. The third kappa shape index (κ3) is 4.71. The van der Waals surface area contributed by atoms with Crippen molar-refractivity contribution in [3.63, 3.8) is 0 Å². The summed E-state index contributed by atoms with van der Waals surface area (Å²) in [6.07, 6.45) is 0. The number of ether oxygens (including phenoxy) is 1. The van der Waals surface area contributed by atoms with Crippen molar-refractivity contribution in [2.45, 2.75) is 6.92 Å². The molecule has 0 aliphatic rings. The molecule has 144 valence electrons. The van der Waals surface area contributed by atoms with Gasteiger partial charge in [0, 0.05) is 11.1 Å². The van der Waals surface area contributed by atoms with Gasteiger partial charge in [0.1, 0.15) is 0 Å². The lowest BCUT2D eigenvalue weighted by atomic mass is 10.2. The number of thiazole rings is 1. The molecule has 0 fully saturated rings. The number of nitro groups is 1. The van der Waals surface area contributed by atoms with Crippen molar-refractivity contribution in [3.8, 4) is 5.75 Å². The molecule has 0 aliphatic carbocycles. The van der Waals surface area contributed by atoms with Crippen molar-refractivity contribution >= 4 is 67.2 Å². The summed E-state index contributed by atoms with van der Waals surface area (Å²) in [7, 11) is 0. The molecule has 1 heterocycles. The Bertz CT molecular complexity index is 1050. The summed E-state index contributed by atoms with van der Waals surface area (Å²) < 4.78 is 6.15. The van der Waals surface area contributed by atoms with Crippen molar-refractivity contribution in [1.29, 1.82) is 0 Å². The van der Waals surface area contributed by atoms with Gasteiger partial charge < -0.3 is 10.1 Å². The first kappa shape index (κ1) is 19.9. The van der Waals surface area contributed by atoms with E-state index in [1.807, 2.05) is 13.0 Å². The Morgan fingerprint density at radius 2 is 2.14 bits per heavy atom. The van der Waals surface area contributed by atoms with E-state index in [1.54, 1.807) is 12.1 Å². The van der Waals surface area contributed by atoms with Crippen LogP contribution in [-0.4, -0.2) is 27.5 Å². The van der Waals surface area contributed by atoms with E-state index in [0.29, 0.717) is 10.2 Å². The minimum absolute atomic E-state index is 0.0000471. The van der Waals surface area contributed by atoms with Crippen molar-refractivity contribution in [2.75, 3.05) is 11.9 Å². The molecule has 8 nitrogen and oxygen atoms in total. The van der Waals surface area contributed by atoms with Gasteiger partial charge in [0.15, 0.2) is 22.6 Å². The predicted molar refractivity (Wildman–Crippen MR) is 112 cm³/mol. The number of para-hydroxylation sites is 2. The topological polar surface area (TPSA) is 106 Å². The van der Waals surface area contributed by atoms with E-state index < -0.39 is 17.4 Å². The molecule has 0 atom stereocenters. The molecule has 1 aromatic heterocycles. The monoisotopic (exact) mass is 436 g/mol. The first-order chi connectivity index (χ1) is 13.3. The number of halogens is 1. The van der Waals surface area contributed by atoms with Gasteiger partial charge in [0.2, 0.25) is 0 Å². The van der Waals surface area contributed by atoms with Crippen LogP contribution in [-0.2, 0) is 4.79 Å². The number of fused-ring (bicyclic) bond motifs is 1. The van der Waals surface area contributed by atoms with E-state index in [9.17, 15) is 14.9 Å². The Balaban J connectivity index is 1.58. The molecule has 3 rings (SSSR count). The molecule has 2 aromatic carbocycles. The SMILES string of the molecule is Cc1cc2sc(NC(=S)NC(=O)COc3ccccc3[N+](=O)[O-])nc2cc1Cl. The van der Waals surface area contributed by atoms with Crippen molar-refractivity contribution in [3.05, 3.63) is 57.1 Å². The van der Waals surface area contributed by atoms with E-state index >= 15 is 0 Å². The minimum Gasteiger partial charge on any atom is -0.477 e. The Kier molecular flexibility index (Phi) is 6.02. The molecule has 11 heteroatoms. The van der Waals surface area contributed by atoms with Crippen molar-refractivity contribution in [2.24, 2.45) is 0 Å². The zero-order valence-corrected chi connectivity index (χ0v) is 16.8. The Hall–Kier alpha value is -2.82. The molecule has 2 N–H and O–H groups in total. The summed E-state index contributed by atoms with van der Waals surface area (Å²) in [5.74, 6) is -0.560. The maximum absolute atomic E-state index is 12.0. The summed E-state index contributed by atoms with van der Waals surface area (Å²) >= 11 is 12.6. The van der Waals surface area contributed by atoms with Crippen LogP contribution in [0.4, 0.5) is 10.8 Å². The average Bonchev–Trinajstić information content (AvgIpc) is 3.01. The first-order valence-electron chi connectivity index (χ1n) is 7.87. The fraction of sp³-hybridized carbons (Fsp3) is 0.118. The van der Waals surface area contributed by atoms with Gasteiger partial charge in [-0.3, -0.25) is 20.2 Å². The maximum atomic E-state index is 12.0. The van der Waals surface area contributed by atoms with Crippen LogP contribution >= 0.6 is 35.2 Å². The molecule has 0 spiro atoms. The second-order valence-corrected chi connectivity index (χ2v) is 7.45. The van der Waals surface area contributed by atoms with E-state index in [-0.39, 0.29) is 16.5 Å². The van der Waals surface area contributed by atoms with Gasteiger partial charge in [0.05, 0.1) is 15.1 Å². The number of rotatable bonds is 5. The molecule has 28 heavy (non-hydrogen) atoms. The van der Waals surface area contributed by atoms with E-state index in [4.69, 9.17) is 28.6 Å². The van der Waals surface area contributed by atoms with Crippen LogP contribution in [0.2, 0.25) is 5.02 Å². The molecule has 0 unspecified atom stereocenters. The number of aryl methyl sites for hydroxylation is 1. The number of aromatic nitrogens is 1. The van der Waals surface area contributed by atoms with E-state index in [0.717, 1.165) is 15.8 Å². The molecule has 0 saturated heterocycles. The third-order valence-electron chi connectivity index (χ3n) is 3.56. The van der Waals surface area contributed by atoms with Crippen molar-refractivity contribution in [1.82, 2.24) is 10.3 Å². The van der Waals surface area contributed by atoms with E-state index in [1.165, 1.54) is 29.5 Å². The summed E-state index contributed by atoms with van der Waals surface area (Å²) in [4.78, 5) is 26.7. The summed E-state index contributed by atoms with van der Waals surface area (Å²) in [5, 5.41) is 17.4. The lowest BCUT2D eigenvalue weighted by molar-refractivity contribution is -0.385. The van der Waals surface area contributed by atoms with Crippen molar-refractivity contribution < 1.29 is 14.5 Å². The number of anilines is 1. The molecule has 0 saturated carbocycles.